The summed E-state index contributed by atoms with van der Waals surface area (Å²) in [5.74, 6) is 0. The molecule has 6 nitrogen and oxygen atoms in total. The number of hydrogen-bond acceptors (Lipinski definition) is 4. The summed E-state index contributed by atoms with van der Waals surface area (Å²) in [6, 6.07) is 4.38. The van der Waals surface area contributed by atoms with Gasteiger partial charge in [-0.1, -0.05) is 12.1 Å². The highest BCUT2D eigenvalue weighted by molar-refractivity contribution is 5.71. The molecule has 1 aromatic rings. The minimum absolute atomic E-state index is 0.0100. The minimum atomic E-state index is -0.539. The molecule has 0 bridgehead atoms. The minimum Gasteiger partial charge on any atom is -0.447 e. The van der Waals surface area contributed by atoms with Gasteiger partial charge in [-0.2, -0.15) is 0 Å². The number of benzene rings is 1. The summed E-state index contributed by atoms with van der Waals surface area (Å²) in [7, 11) is 0. The summed E-state index contributed by atoms with van der Waals surface area (Å²) in [6.45, 7) is 1.90. The fourth-order valence-electron chi connectivity index (χ4n) is 1.82. The zero-order chi connectivity index (χ0) is 11.7. The van der Waals surface area contributed by atoms with Crippen LogP contribution in [0.25, 0.3) is 0 Å². The third-order valence-corrected chi connectivity index (χ3v) is 2.52. The molecule has 1 fully saturated rings. The molecule has 1 unspecified atom stereocenters. The molecular weight excluding hydrogens is 212 g/mol. The number of nitrogens with zero attached hydrogens (tertiary/aromatic N) is 1. The summed E-state index contributed by atoms with van der Waals surface area (Å²) in [4.78, 5) is 21.3. The topological polar surface area (TPSA) is 81.5 Å². The van der Waals surface area contributed by atoms with Gasteiger partial charge in [0.2, 0.25) is 0 Å². The number of nitrogens with one attached hydrogen (secondary N) is 1. The first-order chi connectivity index (χ1) is 7.59. The molecule has 1 amide bonds. The van der Waals surface area contributed by atoms with Gasteiger partial charge in [0.15, 0.2) is 0 Å². The highest BCUT2D eigenvalue weighted by Crippen LogP contribution is 2.30. The Kier molecular flexibility index (Phi) is 2.47. The summed E-state index contributed by atoms with van der Waals surface area (Å²) in [6.07, 6.45) is -0.539. The number of carbonyl (C=O) groups is 1. The second-order valence-corrected chi connectivity index (χ2v) is 3.56. The van der Waals surface area contributed by atoms with Gasteiger partial charge in [-0.25, -0.2) is 4.79 Å². The number of hydrogen-bond donors (Lipinski definition) is 1. The SMILES string of the molecule is Cc1cccc([N+](=O)[O-])c1C1COC(=O)N1. The smallest absolute Gasteiger partial charge is 0.407 e. The average Bonchev–Trinajstić information content (AvgIpc) is 2.64. The van der Waals surface area contributed by atoms with Gasteiger partial charge in [0, 0.05) is 6.07 Å². The van der Waals surface area contributed by atoms with Crippen LogP contribution in [0.2, 0.25) is 0 Å². The normalized spacial score (nSPS) is 19.1. The van der Waals surface area contributed by atoms with Crippen LogP contribution in [-0.4, -0.2) is 17.6 Å². The van der Waals surface area contributed by atoms with Gasteiger partial charge in [-0.15, -0.1) is 0 Å². The van der Waals surface area contributed by atoms with Crippen LogP contribution in [0.5, 0.6) is 0 Å². The van der Waals surface area contributed by atoms with Crippen LogP contribution < -0.4 is 5.32 Å². The highest BCUT2D eigenvalue weighted by atomic mass is 16.6. The van der Waals surface area contributed by atoms with E-state index in [9.17, 15) is 14.9 Å². The third kappa shape index (κ3) is 1.69. The van der Waals surface area contributed by atoms with Crippen LogP contribution in [0, 0.1) is 17.0 Å². The monoisotopic (exact) mass is 222 g/mol. The van der Waals surface area contributed by atoms with E-state index in [0.29, 0.717) is 5.56 Å². The van der Waals surface area contributed by atoms with Crippen molar-refractivity contribution in [3.8, 4) is 0 Å². The molecule has 1 aliphatic heterocycles. The number of alkyl carbamates (subject to hydrolysis) is 1. The first kappa shape index (κ1) is 10.4. The van der Waals surface area contributed by atoms with Crippen LogP contribution in [0.4, 0.5) is 10.5 Å². The van der Waals surface area contributed by atoms with E-state index in [2.05, 4.69) is 5.32 Å². The van der Waals surface area contributed by atoms with Crippen LogP contribution >= 0.6 is 0 Å². The lowest BCUT2D eigenvalue weighted by atomic mass is 10.00. The van der Waals surface area contributed by atoms with Crippen molar-refractivity contribution in [3.05, 3.63) is 39.4 Å². The third-order valence-electron chi connectivity index (χ3n) is 2.52. The number of nitro groups is 1. The molecule has 0 aliphatic carbocycles. The zero-order valence-corrected chi connectivity index (χ0v) is 8.60. The Morgan fingerprint density at radius 2 is 2.31 bits per heavy atom. The Bertz CT molecular complexity index is 458. The molecule has 2 rings (SSSR count). The van der Waals surface area contributed by atoms with Crippen molar-refractivity contribution < 1.29 is 14.5 Å². The Morgan fingerprint density at radius 1 is 1.56 bits per heavy atom. The number of aryl methyl sites for hydroxylation is 1. The van der Waals surface area contributed by atoms with Crippen molar-refractivity contribution in [3.63, 3.8) is 0 Å². The van der Waals surface area contributed by atoms with Gasteiger partial charge in [-0.3, -0.25) is 10.1 Å². The maximum atomic E-state index is 10.9. The first-order valence-corrected chi connectivity index (χ1v) is 4.77. The summed E-state index contributed by atoms with van der Waals surface area (Å²) in [5, 5.41) is 13.4. The second kappa shape index (κ2) is 3.80. The number of amides is 1. The molecule has 0 aromatic heterocycles. The lowest BCUT2D eigenvalue weighted by Crippen LogP contribution is -2.20. The Morgan fingerprint density at radius 3 is 2.88 bits per heavy atom. The van der Waals surface area contributed by atoms with Crippen LogP contribution in [-0.2, 0) is 4.74 Å². The van der Waals surface area contributed by atoms with Gasteiger partial charge in [0.1, 0.15) is 6.61 Å². The quantitative estimate of drug-likeness (QED) is 0.609. The van der Waals surface area contributed by atoms with Crippen LogP contribution in [0.1, 0.15) is 17.2 Å². The van der Waals surface area contributed by atoms with Crippen molar-refractivity contribution in [1.82, 2.24) is 5.32 Å². The Labute approximate surface area is 91.4 Å². The molecule has 6 heteroatoms. The Balaban J connectivity index is 2.46. The number of rotatable bonds is 2. The number of carbonyl (C=O) groups excluding carboxylic acids is 1. The van der Waals surface area contributed by atoms with Crippen molar-refractivity contribution >= 4 is 11.8 Å². The molecule has 1 saturated heterocycles. The van der Waals surface area contributed by atoms with E-state index in [1.807, 2.05) is 0 Å². The lowest BCUT2D eigenvalue weighted by molar-refractivity contribution is -0.385. The average molecular weight is 222 g/mol. The predicted molar refractivity (Wildman–Crippen MR) is 55.1 cm³/mol. The standard InChI is InChI=1S/C10H10N2O4/c1-6-3-2-4-8(12(14)15)9(6)7-5-16-10(13)11-7/h2-4,7H,5H2,1H3,(H,11,13). The van der Waals surface area contributed by atoms with E-state index in [4.69, 9.17) is 4.74 Å². The van der Waals surface area contributed by atoms with E-state index in [-0.39, 0.29) is 12.3 Å². The molecule has 1 aliphatic rings. The lowest BCUT2D eigenvalue weighted by Gasteiger charge is -2.11. The van der Waals surface area contributed by atoms with Crippen molar-refractivity contribution in [2.75, 3.05) is 6.61 Å². The first-order valence-electron chi connectivity index (χ1n) is 4.77. The largest absolute Gasteiger partial charge is 0.447 e. The molecule has 1 atom stereocenters. The maximum Gasteiger partial charge on any atom is 0.407 e. The number of cyclic esters (lactones) is 1. The van der Waals surface area contributed by atoms with Crippen LogP contribution in [0.15, 0.2) is 18.2 Å². The van der Waals surface area contributed by atoms with E-state index in [1.165, 1.54) is 6.07 Å². The van der Waals surface area contributed by atoms with Crippen molar-refractivity contribution in [1.29, 1.82) is 0 Å². The summed E-state index contributed by atoms with van der Waals surface area (Å²) >= 11 is 0. The molecule has 0 saturated carbocycles. The number of nitro benzene ring substituents is 1. The second-order valence-electron chi connectivity index (χ2n) is 3.56. The van der Waals surface area contributed by atoms with Gasteiger partial charge in [0.25, 0.3) is 5.69 Å². The predicted octanol–water partition coefficient (Wildman–Crippen LogP) is 1.68. The van der Waals surface area contributed by atoms with Gasteiger partial charge < -0.3 is 10.1 Å². The summed E-state index contributed by atoms with van der Waals surface area (Å²) < 4.78 is 4.74. The van der Waals surface area contributed by atoms with E-state index in [1.54, 1.807) is 19.1 Å². The van der Waals surface area contributed by atoms with E-state index >= 15 is 0 Å². The summed E-state index contributed by atoms with van der Waals surface area (Å²) in [5.41, 5.74) is 1.29. The molecule has 0 radical (unpaired) electrons. The molecule has 0 spiro atoms. The van der Waals surface area contributed by atoms with Crippen LogP contribution in [0.3, 0.4) is 0 Å². The molecule has 1 heterocycles. The maximum absolute atomic E-state index is 10.9. The molecule has 84 valence electrons. The van der Waals surface area contributed by atoms with Crippen molar-refractivity contribution in [2.24, 2.45) is 0 Å². The van der Waals surface area contributed by atoms with Gasteiger partial charge in [-0.05, 0) is 12.5 Å². The van der Waals surface area contributed by atoms with E-state index in [0.717, 1.165) is 5.56 Å². The number of ether oxygens (including phenoxy) is 1. The van der Waals surface area contributed by atoms with Crippen molar-refractivity contribution in [2.45, 2.75) is 13.0 Å². The fraction of sp³-hybridized carbons (Fsp3) is 0.300. The molecular formula is C10H10N2O4. The molecule has 1 N–H and O–H groups in total. The molecule has 1 aromatic carbocycles. The molecule has 16 heavy (non-hydrogen) atoms. The highest BCUT2D eigenvalue weighted by Gasteiger charge is 2.30. The van der Waals surface area contributed by atoms with Gasteiger partial charge >= 0.3 is 6.09 Å². The zero-order valence-electron chi connectivity index (χ0n) is 8.60. The Hall–Kier alpha value is -2.11. The van der Waals surface area contributed by atoms with E-state index < -0.39 is 17.1 Å². The van der Waals surface area contributed by atoms with Gasteiger partial charge in [0.05, 0.1) is 16.5 Å². The fourth-order valence-corrected chi connectivity index (χ4v) is 1.82.